The third kappa shape index (κ3) is 2.99. The van der Waals surface area contributed by atoms with Crippen molar-refractivity contribution in [1.29, 1.82) is 0 Å². The molecule has 108 valence electrons. The van der Waals surface area contributed by atoms with E-state index < -0.39 is 11.9 Å². The van der Waals surface area contributed by atoms with Crippen LogP contribution in [0.25, 0.3) is 0 Å². The first-order chi connectivity index (χ1) is 9.52. The largest absolute Gasteiger partial charge is 0.481 e. The maximum atomic E-state index is 12.0. The molecule has 0 spiro atoms. The highest BCUT2D eigenvalue weighted by atomic mass is 16.4. The first-order valence-corrected chi connectivity index (χ1v) is 6.79. The molecule has 2 rings (SSSR count). The Bertz CT molecular complexity index is 516. The van der Waals surface area contributed by atoms with Crippen LogP contribution in [0.5, 0.6) is 0 Å². The minimum Gasteiger partial charge on any atom is -0.481 e. The zero-order chi connectivity index (χ0) is 14.7. The number of amides is 1. The molecule has 0 aromatic heterocycles. The first kappa shape index (κ1) is 14.5. The van der Waals surface area contributed by atoms with Gasteiger partial charge in [0.1, 0.15) is 0 Å². The zero-order valence-corrected chi connectivity index (χ0v) is 11.9. The van der Waals surface area contributed by atoms with E-state index in [9.17, 15) is 14.7 Å². The van der Waals surface area contributed by atoms with Crippen molar-refractivity contribution in [3.63, 3.8) is 0 Å². The molecular formula is C15H20N2O3. The number of carboxylic acids is 1. The maximum absolute atomic E-state index is 12.0. The Morgan fingerprint density at radius 1 is 1.40 bits per heavy atom. The van der Waals surface area contributed by atoms with Gasteiger partial charge in [0.05, 0.1) is 12.5 Å². The Kier molecular flexibility index (Phi) is 4.39. The van der Waals surface area contributed by atoms with Crippen molar-refractivity contribution >= 4 is 11.9 Å². The summed E-state index contributed by atoms with van der Waals surface area (Å²) in [5.74, 6) is -1.37. The Hall–Kier alpha value is -1.88. The monoisotopic (exact) mass is 276 g/mol. The summed E-state index contributed by atoms with van der Waals surface area (Å²) in [5, 5.41) is 9.37. The van der Waals surface area contributed by atoms with Crippen LogP contribution in [0.1, 0.15) is 24.0 Å². The SMILES string of the molecule is CCN(C)C(=O)CN1Cc2ccccc2C(C(=O)O)C1. The lowest BCUT2D eigenvalue weighted by Gasteiger charge is -2.33. The molecule has 1 amide bonds. The fourth-order valence-corrected chi connectivity index (χ4v) is 2.50. The Morgan fingerprint density at radius 2 is 2.10 bits per heavy atom. The van der Waals surface area contributed by atoms with Gasteiger partial charge in [-0.05, 0) is 18.1 Å². The summed E-state index contributed by atoms with van der Waals surface area (Å²) >= 11 is 0. The number of carbonyl (C=O) groups is 2. The molecule has 20 heavy (non-hydrogen) atoms. The number of hydrogen-bond acceptors (Lipinski definition) is 3. The molecule has 1 atom stereocenters. The van der Waals surface area contributed by atoms with E-state index >= 15 is 0 Å². The zero-order valence-electron chi connectivity index (χ0n) is 11.9. The summed E-state index contributed by atoms with van der Waals surface area (Å²) in [6.45, 7) is 3.86. The van der Waals surface area contributed by atoms with Crippen molar-refractivity contribution in [1.82, 2.24) is 9.80 Å². The predicted molar refractivity (Wildman–Crippen MR) is 75.4 cm³/mol. The van der Waals surface area contributed by atoms with Crippen LogP contribution in [0, 0.1) is 0 Å². The third-order valence-corrected chi connectivity index (χ3v) is 3.82. The van der Waals surface area contributed by atoms with Gasteiger partial charge in [0.2, 0.25) is 5.91 Å². The second-order valence-corrected chi connectivity index (χ2v) is 5.17. The molecule has 0 saturated heterocycles. The second kappa shape index (κ2) is 6.05. The van der Waals surface area contributed by atoms with Crippen molar-refractivity contribution in [3.05, 3.63) is 35.4 Å². The van der Waals surface area contributed by atoms with Crippen molar-refractivity contribution in [2.24, 2.45) is 0 Å². The van der Waals surface area contributed by atoms with Crippen molar-refractivity contribution in [2.45, 2.75) is 19.4 Å². The Labute approximate surface area is 118 Å². The molecule has 1 aliphatic rings. The third-order valence-electron chi connectivity index (χ3n) is 3.82. The highest BCUT2D eigenvalue weighted by Gasteiger charge is 2.31. The molecule has 0 radical (unpaired) electrons. The average Bonchev–Trinajstić information content (AvgIpc) is 2.45. The fourth-order valence-electron chi connectivity index (χ4n) is 2.50. The fraction of sp³-hybridized carbons (Fsp3) is 0.467. The van der Waals surface area contributed by atoms with Crippen molar-refractivity contribution in [2.75, 3.05) is 26.7 Å². The lowest BCUT2D eigenvalue weighted by atomic mass is 9.90. The highest BCUT2D eigenvalue weighted by Crippen LogP contribution is 2.28. The molecule has 1 unspecified atom stereocenters. The van der Waals surface area contributed by atoms with Crippen LogP contribution in [0.2, 0.25) is 0 Å². The van der Waals surface area contributed by atoms with Gasteiger partial charge < -0.3 is 10.0 Å². The predicted octanol–water partition coefficient (Wildman–Crippen LogP) is 1.15. The molecule has 0 saturated carbocycles. The molecule has 1 N–H and O–H groups in total. The number of likely N-dealkylation sites (N-methyl/N-ethyl adjacent to an activating group) is 1. The molecule has 5 nitrogen and oxygen atoms in total. The maximum Gasteiger partial charge on any atom is 0.312 e. The minimum absolute atomic E-state index is 0.0241. The number of aliphatic carboxylic acids is 1. The number of carbonyl (C=O) groups excluding carboxylic acids is 1. The summed E-state index contributed by atoms with van der Waals surface area (Å²) in [5.41, 5.74) is 1.87. The molecule has 1 aromatic rings. The van der Waals surface area contributed by atoms with Crippen LogP contribution in [0.4, 0.5) is 0 Å². The Morgan fingerprint density at radius 3 is 2.75 bits per heavy atom. The Balaban J connectivity index is 2.16. The summed E-state index contributed by atoms with van der Waals surface area (Å²) in [7, 11) is 1.76. The van der Waals surface area contributed by atoms with Gasteiger partial charge in [-0.25, -0.2) is 0 Å². The van der Waals surface area contributed by atoms with E-state index in [2.05, 4.69) is 0 Å². The molecule has 1 aromatic carbocycles. The number of rotatable bonds is 4. The quantitative estimate of drug-likeness (QED) is 0.896. The van der Waals surface area contributed by atoms with Gasteiger partial charge >= 0.3 is 5.97 Å². The topological polar surface area (TPSA) is 60.9 Å². The van der Waals surface area contributed by atoms with Gasteiger partial charge in [-0.2, -0.15) is 0 Å². The number of benzene rings is 1. The van der Waals surface area contributed by atoms with Gasteiger partial charge in [-0.1, -0.05) is 24.3 Å². The van der Waals surface area contributed by atoms with Crippen LogP contribution in [-0.2, 0) is 16.1 Å². The van der Waals surface area contributed by atoms with Crippen molar-refractivity contribution in [3.8, 4) is 0 Å². The van der Waals surface area contributed by atoms with Crippen LogP contribution < -0.4 is 0 Å². The van der Waals surface area contributed by atoms with E-state index in [1.54, 1.807) is 11.9 Å². The number of nitrogens with zero attached hydrogens (tertiary/aromatic N) is 2. The van der Waals surface area contributed by atoms with Gasteiger partial charge in [0.15, 0.2) is 0 Å². The van der Waals surface area contributed by atoms with E-state index in [0.717, 1.165) is 11.1 Å². The normalized spacial score (nSPS) is 18.4. The molecule has 5 heteroatoms. The summed E-state index contributed by atoms with van der Waals surface area (Å²) in [6, 6.07) is 7.57. The first-order valence-electron chi connectivity index (χ1n) is 6.79. The van der Waals surface area contributed by atoms with Gasteiger partial charge in [-0.15, -0.1) is 0 Å². The summed E-state index contributed by atoms with van der Waals surface area (Å²) < 4.78 is 0. The molecule has 0 fully saturated rings. The number of carboxylic acid groups (broad SMARTS) is 1. The molecule has 0 bridgehead atoms. The van der Waals surface area contributed by atoms with Gasteiger partial charge in [0.25, 0.3) is 0 Å². The van der Waals surface area contributed by atoms with E-state index in [1.165, 1.54) is 0 Å². The standard InChI is InChI=1S/C15H20N2O3/c1-3-16(2)14(18)10-17-8-11-6-4-5-7-12(11)13(9-17)15(19)20/h4-7,13H,3,8-10H2,1-2H3,(H,19,20). The van der Waals surface area contributed by atoms with E-state index in [-0.39, 0.29) is 12.5 Å². The summed E-state index contributed by atoms with van der Waals surface area (Å²) in [4.78, 5) is 26.9. The smallest absolute Gasteiger partial charge is 0.312 e. The molecular weight excluding hydrogens is 256 g/mol. The second-order valence-electron chi connectivity index (χ2n) is 5.17. The minimum atomic E-state index is -0.835. The van der Waals surface area contributed by atoms with Crippen LogP contribution in [0.15, 0.2) is 24.3 Å². The van der Waals surface area contributed by atoms with Gasteiger partial charge in [0, 0.05) is 26.7 Å². The molecule has 1 aliphatic heterocycles. The lowest BCUT2D eigenvalue weighted by molar-refractivity contribution is -0.140. The van der Waals surface area contributed by atoms with Crippen molar-refractivity contribution < 1.29 is 14.7 Å². The highest BCUT2D eigenvalue weighted by molar-refractivity contribution is 5.79. The summed E-state index contributed by atoms with van der Waals surface area (Å²) in [6.07, 6.45) is 0. The van der Waals surface area contributed by atoms with Crippen LogP contribution >= 0.6 is 0 Å². The van der Waals surface area contributed by atoms with Crippen LogP contribution in [0.3, 0.4) is 0 Å². The van der Waals surface area contributed by atoms with E-state index in [4.69, 9.17) is 0 Å². The lowest BCUT2D eigenvalue weighted by Crippen LogP contribution is -2.43. The molecule has 0 aliphatic carbocycles. The van der Waals surface area contributed by atoms with E-state index in [1.807, 2.05) is 36.1 Å². The number of fused-ring (bicyclic) bond motifs is 1. The van der Waals surface area contributed by atoms with Gasteiger partial charge in [-0.3, -0.25) is 14.5 Å². The average molecular weight is 276 g/mol. The molecule has 1 heterocycles. The van der Waals surface area contributed by atoms with Crippen LogP contribution in [-0.4, -0.2) is 53.5 Å². The number of hydrogen-bond donors (Lipinski definition) is 1. The van der Waals surface area contributed by atoms with E-state index in [0.29, 0.717) is 19.6 Å².